The number of nitrogens with zero attached hydrogens (tertiary/aromatic N) is 2. The quantitative estimate of drug-likeness (QED) is 0.737. The molecule has 0 radical (unpaired) electrons. The van der Waals surface area contributed by atoms with Crippen LogP contribution in [0, 0.1) is 5.82 Å². The van der Waals surface area contributed by atoms with Gasteiger partial charge < -0.3 is 4.74 Å². The Morgan fingerprint density at radius 1 is 1.25 bits per heavy atom. The Morgan fingerprint density at radius 2 is 2.12 bits per heavy atom. The Bertz CT molecular complexity index is 514. The van der Waals surface area contributed by atoms with E-state index in [1.807, 2.05) is 0 Å². The Kier molecular flexibility index (Phi) is 2.91. The van der Waals surface area contributed by atoms with Crippen molar-refractivity contribution in [2.24, 2.45) is 4.99 Å². The van der Waals surface area contributed by atoms with Crippen LogP contribution in [0.4, 0.5) is 10.1 Å². The van der Waals surface area contributed by atoms with Gasteiger partial charge in [0.2, 0.25) is 5.88 Å². The standard InChI is InChI=1S/C12H9FN2O/c1-14-11-6-3-7-15-12(11)16-10-5-2-4-9(13)8-10/h2-8H,1H2. The summed E-state index contributed by atoms with van der Waals surface area (Å²) >= 11 is 0. The van der Waals surface area contributed by atoms with Crippen molar-refractivity contribution in [2.75, 3.05) is 0 Å². The molecule has 0 aliphatic heterocycles. The molecule has 0 unspecified atom stereocenters. The van der Waals surface area contributed by atoms with E-state index in [4.69, 9.17) is 4.74 Å². The molecule has 0 atom stereocenters. The predicted octanol–water partition coefficient (Wildman–Crippen LogP) is 3.35. The van der Waals surface area contributed by atoms with Crippen LogP contribution < -0.4 is 4.74 Å². The van der Waals surface area contributed by atoms with Gasteiger partial charge in [0.05, 0.1) is 0 Å². The maximum absolute atomic E-state index is 12.9. The number of pyridine rings is 1. The average molecular weight is 216 g/mol. The van der Waals surface area contributed by atoms with Crippen molar-refractivity contribution in [3.63, 3.8) is 0 Å². The molecule has 0 aliphatic rings. The summed E-state index contributed by atoms with van der Waals surface area (Å²) in [5, 5.41) is 0. The summed E-state index contributed by atoms with van der Waals surface area (Å²) < 4.78 is 18.3. The molecule has 2 aromatic rings. The molecular formula is C12H9FN2O. The molecule has 1 aromatic carbocycles. The molecule has 1 aromatic heterocycles. The van der Waals surface area contributed by atoms with Gasteiger partial charge in [-0.2, -0.15) is 0 Å². The van der Waals surface area contributed by atoms with Gasteiger partial charge in [0, 0.05) is 12.3 Å². The minimum atomic E-state index is -0.360. The number of rotatable bonds is 3. The van der Waals surface area contributed by atoms with Gasteiger partial charge in [0.15, 0.2) is 0 Å². The monoisotopic (exact) mass is 216 g/mol. The van der Waals surface area contributed by atoms with Gasteiger partial charge in [0.1, 0.15) is 17.3 Å². The molecule has 1 heterocycles. The van der Waals surface area contributed by atoms with Crippen LogP contribution in [-0.4, -0.2) is 11.7 Å². The molecule has 2 rings (SSSR count). The van der Waals surface area contributed by atoms with E-state index in [2.05, 4.69) is 16.7 Å². The van der Waals surface area contributed by atoms with Crippen molar-refractivity contribution in [1.82, 2.24) is 4.98 Å². The second kappa shape index (κ2) is 4.53. The zero-order chi connectivity index (χ0) is 11.4. The summed E-state index contributed by atoms with van der Waals surface area (Å²) in [6, 6.07) is 9.27. The van der Waals surface area contributed by atoms with Crippen LogP contribution in [0.1, 0.15) is 0 Å². The van der Waals surface area contributed by atoms with Gasteiger partial charge in [-0.1, -0.05) is 6.07 Å². The fourth-order valence-corrected chi connectivity index (χ4v) is 1.22. The van der Waals surface area contributed by atoms with Crippen LogP contribution >= 0.6 is 0 Å². The predicted molar refractivity (Wildman–Crippen MR) is 59.9 cm³/mol. The van der Waals surface area contributed by atoms with Gasteiger partial charge in [-0.25, -0.2) is 9.37 Å². The van der Waals surface area contributed by atoms with E-state index in [-0.39, 0.29) is 5.82 Å². The van der Waals surface area contributed by atoms with Crippen molar-refractivity contribution < 1.29 is 9.13 Å². The molecule has 0 N–H and O–H groups in total. The number of aliphatic imine (C=N–C) groups is 1. The first-order valence-corrected chi connectivity index (χ1v) is 4.65. The van der Waals surface area contributed by atoms with Gasteiger partial charge in [-0.05, 0) is 31.0 Å². The Labute approximate surface area is 92.2 Å². The minimum Gasteiger partial charge on any atom is -0.437 e. The van der Waals surface area contributed by atoms with E-state index in [9.17, 15) is 4.39 Å². The van der Waals surface area contributed by atoms with Crippen LogP contribution in [-0.2, 0) is 0 Å². The highest BCUT2D eigenvalue weighted by atomic mass is 19.1. The van der Waals surface area contributed by atoms with E-state index < -0.39 is 0 Å². The third-order valence-electron chi connectivity index (χ3n) is 1.93. The summed E-state index contributed by atoms with van der Waals surface area (Å²) in [5.74, 6) is 0.327. The van der Waals surface area contributed by atoms with Crippen molar-refractivity contribution in [1.29, 1.82) is 0 Å². The number of benzene rings is 1. The maximum Gasteiger partial charge on any atom is 0.245 e. The Balaban J connectivity index is 2.30. The van der Waals surface area contributed by atoms with E-state index in [1.54, 1.807) is 30.5 Å². The minimum absolute atomic E-state index is 0.308. The highest BCUT2D eigenvalue weighted by Gasteiger charge is 2.04. The summed E-state index contributed by atoms with van der Waals surface area (Å²) in [5.41, 5.74) is 0.520. The molecule has 0 saturated carbocycles. The van der Waals surface area contributed by atoms with E-state index in [1.165, 1.54) is 12.1 Å². The fraction of sp³-hybridized carbons (Fsp3) is 0. The SMILES string of the molecule is C=Nc1cccnc1Oc1cccc(F)c1. The molecule has 0 aliphatic carbocycles. The smallest absolute Gasteiger partial charge is 0.245 e. The zero-order valence-corrected chi connectivity index (χ0v) is 8.43. The molecule has 4 heteroatoms. The molecule has 0 saturated heterocycles. The van der Waals surface area contributed by atoms with Gasteiger partial charge in [-0.3, -0.25) is 4.99 Å². The van der Waals surface area contributed by atoms with E-state index in [0.29, 0.717) is 17.3 Å². The number of halogens is 1. The number of ether oxygens (including phenoxy) is 1. The summed E-state index contributed by atoms with van der Waals surface area (Å²) in [6.45, 7) is 3.41. The number of aromatic nitrogens is 1. The Morgan fingerprint density at radius 3 is 2.88 bits per heavy atom. The van der Waals surface area contributed by atoms with Crippen LogP contribution in [0.2, 0.25) is 0 Å². The van der Waals surface area contributed by atoms with Crippen molar-refractivity contribution >= 4 is 12.4 Å². The van der Waals surface area contributed by atoms with Crippen LogP contribution in [0.5, 0.6) is 11.6 Å². The summed E-state index contributed by atoms with van der Waals surface area (Å²) in [4.78, 5) is 7.75. The third-order valence-corrected chi connectivity index (χ3v) is 1.93. The van der Waals surface area contributed by atoms with Crippen LogP contribution in [0.3, 0.4) is 0 Å². The molecule has 16 heavy (non-hydrogen) atoms. The molecule has 0 spiro atoms. The van der Waals surface area contributed by atoms with Crippen molar-refractivity contribution in [3.8, 4) is 11.6 Å². The first kappa shape index (κ1) is 10.3. The number of hydrogen-bond acceptors (Lipinski definition) is 3. The summed E-state index contributed by atoms with van der Waals surface area (Å²) in [7, 11) is 0. The molecule has 3 nitrogen and oxygen atoms in total. The zero-order valence-electron chi connectivity index (χ0n) is 8.43. The van der Waals surface area contributed by atoms with Gasteiger partial charge in [0.25, 0.3) is 0 Å². The van der Waals surface area contributed by atoms with E-state index in [0.717, 1.165) is 0 Å². The third kappa shape index (κ3) is 2.23. The molecule has 0 fully saturated rings. The van der Waals surface area contributed by atoms with Crippen LogP contribution in [0.25, 0.3) is 0 Å². The second-order valence-corrected chi connectivity index (χ2v) is 3.05. The van der Waals surface area contributed by atoms with Gasteiger partial charge >= 0.3 is 0 Å². The van der Waals surface area contributed by atoms with Gasteiger partial charge in [-0.15, -0.1) is 0 Å². The highest BCUT2D eigenvalue weighted by Crippen LogP contribution is 2.28. The molecular weight excluding hydrogens is 207 g/mol. The topological polar surface area (TPSA) is 34.5 Å². The van der Waals surface area contributed by atoms with E-state index >= 15 is 0 Å². The maximum atomic E-state index is 12.9. The normalized spacial score (nSPS) is 9.81. The molecule has 80 valence electrons. The largest absolute Gasteiger partial charge is 0.437 e. The lowest BCUT2D eigenvalue weighted by Gasteiger charge is -2.06. The summed E-state index contributed by atoms with van der Waals surface area (Å²) in [6.07, 6.45) is 1.57. The molecule has 0 bridgehead atoms. The first-order valence-electron chi connectivity index (χ1n) is 4.65. The average Bonchev–Trinajstić information content (AvgIpc) is 2.30. The lowest BCUT2D eigenvalue weighted by Crippen LogP contribution is -1.88. The second-order valence-electron chi connectivity index (χ2n) is 3.05. The van der Waals surface area contributed by atoms with Crippen molar-refractivity contribution in [3.05, 3.63) is 48.4 Å². The lowest BCUT2D eigenvalue weighted by atomic mass is 10.3. The highest BCUT2D eigenvalue weighted by molar-refractivity contribution is 5.53. The molecule has 0 amide bonds. The first-order chi connectivity index (χ1) is 7.79. The lowest BCUT2D eigenvalue weighted by molar-refractivity contribution is 0.460. The van der Waals surface area contributed by atoms with Crippen molar-refractivity contribution in [2.45, 2.75) is 0 Å². The number of hydrogen-bond donors (Lipinski definition) is 0. The van der Waals surface area contributed by atoms with Crippen LogP contribution in [0.15, 0.2) is 47.6 Å². The Hall–Kier alpha value is -2.23. The fourth-order valence-electron chi connectivity index (χ4n) is 1.22.